The number of hydrogen-bond acceptors (Lipinski definition) is 4. The van der Waals surface area contributed by atoms with Crippen molar-refractivity contribution in [3.05, 3.63) is 59.8 Å². The van der Waals surface area contributed by atoms with Gasteiger partial charge < -0.3 is 15.1 Å². The topological polar surface area (TPSA) is 56.6 Å². The van der Waals surface area contributed by atoms with E-state index in [-0.39, 0.29) is 12.0 Å². The maximum Gasteiger partial charge on any atom is 0.129 e. The van der Waals surface area contributed by atoms with Crippen molar-refractivity contribution >= 4 is 5.82 Å². The van der Waals surface area contributed by atoms with Gasteiger partial charge in [-0.3, -0.25) is 0 Å². The zero-order valence-electron chi connectivity index (χ0n) is 16.3. The zero-order chi connectivity index (χ0) is 19.1. The molecule has 144 valence electrons. The Morgan fingerprint density at radius 1 is 1.11 bits per heavy atom. The molecule has 4 heteroatoms. The molecule has 4 nitrogen and oxygen atoms in total. The number of benzene rings is 1. The van der Waals surface area contributed by atoms with Gasteiger partial charge in [0, 0.05) is 24.7 Å². The molecule has 1 saturated carbocycles. The minimum atomic E-state index is -0.885. The second kappa shape index (κ2) is 6.92. The number of aromatic nitrogens is 1. The summed E-state index contributed by atoms with van der Waals surface area (Å²) in [6.45, 7) is 4.38. The number of fused-ring (bicyclic) bond motifs is 1. The van der Waals surface area contributed by atoms with Crippen molar-refractivity contribution in [2.24, 2.45) is 5.92 Å². The standard InChI is InChI=1S/C23H30N2O2/c1-22(2,26)18-12-14-24-21(16-18)25-15-13-23(27,17-8-4-3-5-9-17)19-10-6-7-11-20(19)25/h3-5,8-9,12,14,16,19-20,26-27H,6-7,10-11,13,15H2,1-2H3/t19-,20+,23-/m0/s1. The molecule has 0 amide bonds. The first-order chi connectivity index (χ1) is 12.9. The molecule has 1 aromatic heterocycles. The van der Waals surface area contributed by atoms with E-state index >= 15 is 0 Å². The molecule has 2 N–H and O–H groups in total. The van der Waals surface area contributed by atoms with Crippen LogP contribution in [0.2, 0.25) is 0 Å². The summed E-state index contributed by atoms with van der Waals surface area (Å²) in [7, 11) is 0. The molecule has 0 radical (unpaired) electrons. The van der Waals surface area contributed by atoms with Gasteiger partial charge in [0.25, 0.3) is 0 Å². The smallest absolute Gasteiger partial charge is 0.129 e. The van der Waals surface area contributed by atoms with Gasteiger partial charge in [-0.05, 0) is 56.4 Å². The summed E-state index contributed by atoms with van der Waals surface area (Å²) in [6, 6.07) is 14.3. The largest absolute Gasteiger partial charge is 0.386 e. The molecule has 2 aromatic rings. The van der Waals surface area contributed by atoms with Crippen LogP contribution in [-0.4, -0.2) is 27.8 Å². The highest BCUT2D eigenvalue weighted by molar-refractivity contribution is 5.46. The number of pyridine rings is 1. The van der Waals surface area contributed by atoms with Crippen LogP contribution in [0.15, 0.2) is 48.7 Å². The lowest BCUT2D eigenvalue weighted by molar-refractivity contribution is -0.0690. The van der Waals surface area contributed by atoms with Crippen LogP contribution in [0.3, 0.4) is 0 Å². The van der Waals surface area contributed by atoms with Crippen molar-refractivity contribution in [3.63, 3.8) is 0 Å². The van der Waals surface area contributed by atoms with E-state index in [2.05, 4.69) is 22.0 Å². The van der Waals surface area contributed by atoms with Gasteiger partial charge in [-0.2, -0.15) is 0 Å². The van der Waals surface area contributed by atoms with Gasteiger partial charge in [0.1, 0.15) is 5.82 Å². The van der Waals surface area contributed by atoms with Gasteiger partial charge in [-0.15, -0.1) is 0 Å². The lowest BCUT2D eigenvalue weighted by Crippen LogP contribution is -2.57. The number of nitrogens with zero attached hydrogens (tertiary/aromatic N) is 2. The molecule has 2 fully saturated rings. The van der Waals surface area contributed by atoms with Crippen LogP contribution in [0, 0.1) is 5.92 Å². The van der Waals surface area contributed by atoms with Crippen LogP contribution in [0.1, 0.15) is 57.1 Å². The molecule has 0 unspecified atom stereocenters. The molecule has 3 atom stereocenters. The van der Waals surface area contributed by atoms with Crippen LogP contribution < -0.4 is 4.90 Å². The quantitative estimate of drug-likeness (QED) is 0.863. The maximum absolute atomic E-state index is 11.7. The monoisotopic (exact) mass is 366 g/mol. The molecule has 27 heavy (non-hydrogen) atoms. The molecule has 4 rings (SSSR count). The molecule has 1 aliphatic heterocycles. The summed E-state index contributed by atoms with van der Waals surface area (Å²) in [4.78, 5) is 6.99. The first-order valence-corrected chi connectivity index (χ1v) is 10.1. The molecule has 2 heterocycles. The van der Waals surface area contributed by atoms with Crippen molar-refractivity contribution in [1.29, 1.82) is 0 Å². The van der Waals surface area contributed by atoms with E-state index in [9.17, 15) is 10.2 Å². The normalized spacial score (nSPS) is 28.7. The average molecular weight is 367 g/mol. The van der Waals surface area contributed by atoms with E-state index in [1.807, 2.05) is 30.3 Å². The predicted molar refractivity (Wildman–Crippen MR) is 108 cm³/mol. The van der Waals surface area contributed by atoms with Gasteiger partial charge >= 0.3 is 0 Å². The van der Waals surface area contributed by atoms with Crippen LogP contribution in [-0.2, 0) is 11.2 Å². The van der Waals surface area contributed by atoms with Crippen molar-refractivity contribution in [2.75, 3.05) is 11.4 Å². The van der Waals surface area contributed by atoms with Crippen LogP contribution in [0.25, 0.3) is 0 Å². The Hall–Kier alpha value is -1.91. The first-order valence-electron chi connectivity index (χ1n) is 10.1. The predicted octanol–water partition coefficient (Wildman–Crippen LogP) is 3.97. The highest BCUT2D eigenvalue weighted by atomic mass is 16.3. The molecular formula is C23H30N2O2. The second-order valence-corrected chi connectivity index (χ2v) is 8.65. The number of anilines is 1. The van der Waals surface area contributed by atoms with Crippen molar-refractivity contribution in [2.45, 2.75) is 63.2 Å². The zero-order valence-corrected chi connectivity index (χ0v) is 16.3. The minimum absolute atomic E-state index is 0.204. The van der Waals surface area contributed by atoms with Crippen LogP contribution in [0.5, 0.6) is 0 Å². The van der Waals surface area contributed by atoms with Crippen LogP contribution >= 0.6 is 0 Å². The van der Waals surface area contributed by atoms with Crippen molar-refractivity contribution < 1.29 is 10.2 Å². The third kappa shape index (κ3) is 3.37. The first kappa shape index (κ1) is 18.5. The Labute approximate surface area is 161 Å². The van der Waals surface area contributed by atoms with E-state index < -0.39 is 11.2 Å². The van der Waals surface area contributed by atoms with Gasteiger partial charge in [-0.25, -0.2) is 4.98 Å². The van der Waals surface area contributed by atoms with E-state index in [1.54, 1.807) is 20.0 Å². The Balaban J connectivity index is 1.68. The Bertz CT molecular complexity index is 786. The van der Waals surface area contributed by atoms with Gasteiger partial charge in [0.15, 0.2) is 0 Å². The molecule has 0 bridgehead atoms. The van der Waals surface area contributed by atoms with Gasteiger partial charge in [-0.1, -0.05) is 43.2 Å². The molecule has 1 aromatic carbocycles. The highest BCUT2D eigenvalue weighted by Gasteiger charge is 2.49. The summed E-state index contributed by atoms with van der Waals surface area (Å²) in [5.74, 6) is 1.12. The van der Waals surface area contributed by atoms with Crippen molar-refractivity contribution in [1.82, 2.24) is 4.98 Å². The molecule has 1 aliphatic carbocycles. The summed E-state index contributed by atoms with van der Waals surface area (Å²) in [5.41, 5.74) is 0.268. The number of piperidine rings is 1. The van der Waals surface area contributed by atoms with Crippen molar-refractivity contribution in [3.8, 4) is 0 Å². The fraction of sp³-hybridized carbons (Fsp3) is 0.522. The summed E-state index contributed by atoms with van der Waals surface area (Å²) in [6.07, 6.45) is 6.96. The minimum Gasteiger partial charge on any atom is -0.386 e. The molecule has 0 spiro atoms. The molecule has 1 saturated heterocycles. The number of aliphatic hydroxyl groups is 2. The average Bonchev–Trinajstić information content (AvgIpc) is 2.69. The fourth-order valence-electron chi connectivity index (χ4n) is 5.01. The lowest BCUT2D eigenvalue weighted by atomic mass is 9.66. The third-order valence-corrected chi connectivity index (χ3v) is 6.50. The summed E-state index contributed by atoms with van der Waals surface area (Å²) in [5, 5.41) is 22.1. The van der Waals surface area contributed by atoms with E-state index in [4.69, 9.17) is 0 Å². The third-order valence-electron chi connectivity index (χ3n) is 6.50. The summed E-state index contributed by atoms with van der Waals surface area (Å²) < 4.78 is 0. The molecular weight excluding hydrogens is 336 g/mol. The SMILES string of the molecule is CC(C)(O)c1ccnc(N2CC[C@](O)(c3ccccc3)[C@H]3CCCC[C@H]32)c1. The number of hydrogen-bond donors (Lipinski definition) is 2. The lowest BCUT2D eigenvalue weighted by Gasteiger charge is -2.53. The van der Waals surface area contributed by atoms with E-state index in [1.165, 1.54) is 12.8 Å². The number of rotatable bonds is 3. The van der Waals surface area contributed by atoms with Gasteiger partial charge in [0.05, 0.1) is 11.2 Å². The Morgan fingerprint density at radius 3 is 2.59 bits per heavy atom. The van der Waals surface area contributed by atoms with Gasteiger partial charge in [0.2, 0.25) is 0 Å². The maximum atomic E-state index is 11.7. The van der Waals surface area contributed by atoms with E-state index in [0.717, 1.165) is 36.3 Å². The highest BCUT2D eigenvalue weighted by Crippen LogP contribution is 2.47. The summed E-state index contributed by atoms with van der Waals surface area (Å²) >= 11 is 0. The van der Waals surface area contributed by atoms with Crippen LogP contribution in [0.4, 0.5) is 5.82 Å². The fourth-order valence-corrected chi connectivity index (χ4v) is 5.01. The Morgan fingerprint density at radius 2 is 1.85 bits per heavy atom. The second-order valence-electron chi connectivity index (χ2n) is 8.65. The molecule has 2 aliphatic rings. The van der Waals surface area contributed by atoms with E-state index in [0.29, 0.717) is 6.42 Å². The Kier molecular flexibility index (Phi) is 4.73.